The average molecular weight is 181 g/mol. The summed E-state index contributed by atoms with van der Waals surface area (Å²) < 4.78 is 0. The van der Waals surface area contributed by atoms with E-state index < -0.39 is 11.8 Å². The second kappa shape index (κ2) is 3.68. The normalized spacial score (nSPS) is 9.31. The van der Waals surface area contributed by atoms with Gasteiger partial charge in [-0.3, -0.25) is 4.79 Å². The van der Waals surface area contributed by atoms with Crippen molar-refractivity contribution >= 4 is 11.8 Å². The lowest BCUT2D eigenvalue weighted by atomic mass is 10.1. The van der Waals surface area contributed by atoms with Crippen LogP contribution in [0.5, 0.6) is 5.75 Å². The van der Waals surface area contributed by atoms with E-state index in [0.29, 0.717) is 0 Å². The van der Waals surface area contributed by atoms with E-state index in [1.54, 1.807) is 0 Å². The number of carbonyl (C=O) groups is 2. The standard InChI is InChI=1S/C8H7NO4/c9-13-8(12)7(11)5-3-1-2-4-6(5)10/h1-4,10H,9H2. The van der Waals surface area contributed by atoms with Gasteiger partial charge in [-0.1, -0.05) is 12.1 Å². The van der Waals surface area contributed by atoms with Gasteiger partial charge in [0.15, 0.2) is 0 Å². The van der Waals surface area contributed by atoms with Gasteiger partial charge in [0, 0.05) is 0 Å². The number of ketones is 1. The van der Waals surface area contributed by atoms with Gasteiger partial charge >= 0.3 is 5.97 Å². The van der Waals surface area contributed by atoms with Gasteiger partial charge in [-0.05, 0) is 12.1 Å². The third-order valence-electron chi connectivity index (χ3n) is 1.44. The number of hydrogen-bond acceptors (Lipinski definition) is 5. The van der Waals surface area contributed by atoms with Crippen LogP contribution in [0.4, 0.5) is 0 Å². The summed E-state index contributed by atoms with van der Waals surface area (Å²) in [4.78, 5) is 25.5. The van der Waals surface area contributed by atoms with E-state index >= 15 is 0 Å². The van der Waals surface area contributed by atoms with Crippen LogP contribution < -0.4 is 5.90 Å². The van der Waals surface area contributed by atoms with Crippen LogP contribution in [0.25, 0.3) is 0 Å². The van der Waals surface area contributed by atoms with Gasteiger partial charge in [0.2, 0.25) is 0 Å². The number of hydrogen-bond donors (Lipinski definition) is 2. The van der Waals surface area contributed by atoms with Crippen molar-refractivity contribution in [3.63, 3.8) is 0 Å². The zero-order chi connectivity index (χ0) is 9.84. The van der Waals surface area contributed by atoms with Crippen LogP contribution >= 0.6 is 0 Å². The van der Waals surface area contributed by atoms with Crippen molar-refractivity contribution in [2.24, 2.45) is 5.90 Å². The fourth-order valence-electron chi connectivity index (χ4n) is 0.829. The summed E-state index contributed by atoms with van der Waals surface area (Å²) in [5, 5.41) is 9.16. The average Bonchev–Trinajstić information content (AvgIpc) is 2.16. The summed E-state index contributed by atoms with van der Waals surface area (Å²) in [7, 11) is 0. The summed E-state index contributed by atoms with van der Waals surface area (Å²) in [6, 6.07) is 5.63. The molecule has 0 saturated heterocycles. The molecule has 0 amide bonds. The fourth-order valence-corrected chi connectivity index (χ4v) is 0.829. The molecule has 13 heavy (non-hydrogen) atoms. The number of para-hydroxylation sites is 1. The largest absolute Gasteiger partial charge is 0.507 e. The Kier molecular flexibility index (Phi) is 2.61. The quantitative estimate of drug-likeness (QED) is 0.380. The molecule has 5 nitrogen and oxygen atoms in total. The van der Waals surface area contributed by atoms with Crippen molar-refractivity contribution < 1.29 is 19.5 Å². The molecule has 0 heterocycles. The number of nitrogens with two attached hydrogens (primary N) is 1. The lowest BCUT2D eigenvalue weighted by Crippen LogP contribution is -2.20. The number of Topliss-reactive ketones (excluding diaryl/α,β-unsaturated/α-hetero) is 1. The van der Waals surface area contributed by atoms with Crippen molar-refractivity contribution in [3.8, 4) is 5.75 Å². The first-order chi connectivity index (χ1) is 6.16. The Hall–Kier alpha value is -1.88. The molecule has 68 valence electrons. The molecule has 0 aliphatic heterocycles. The van der Waals surface area contributed by atoms with E-state index in [1.807, 2.05) is 0 Å². The predicted molar refractivity (Wildman–Crippen MR) is 42.7 cm³/mol. The number of benzene rings is 1. The van der Waals surface area contributed by atoms with Crippen LogP contribution in [0.15, 0.2) is 24.3 Å². The van der Waals surface area contributed by atoms with E-state index in [-0.39, 0.29) is 11.3 Å². The van der Waals surface area contributed by atoms with Crippen LogP contribution in [0, 0.1) is 0 Å². The van der Waals surface area contributed by atoms with E-state index in [9.17, 15) is 9.59 Å². The van der Waals surface area contributed by atoms with Crippen molar-refractivity contribution in [2.75, 3.05) is 0 Å². The second-order valence-electron chi connectivity index (χ2n) is 2.25. The highest BCUT2D eigenvalue weighted by Crippen LogP contribution is 2.16. The van der Waals surface area contributed by atoms with Gasteiger partial charge < -0.3 is 9.94 Å². The Morgan fingerprint density at radius 2 is 1.92 bits per heavy atom. The molecule has 1 rings (SSSR count). The molecule has 1 aromatic carbocycles. The number of phenols is 1. The molecular formula is C8H7NO4. The van der Waals surface area contributed by atoms with Crippen LogP contribution in [-0.4, -0.2) is 16.9 Å². The summed E-state index contributed by atoms with van der Waals surface area (Å²) in [5.41, 5.74) is -0.127. The third-order valence-corrected chi connectivity index (χ3v) is 1.44. The monoisotopic (exact) mass is 181 g/mol. The first kappa shape index (κ1) is 9.21. The lowest BCUT2D eigenvalue weighted by molar-refractivity contribution is -0.138. The second-order valence-corrected chi connectivity index (χ2v) is 2.25. The maximum atomic E-state index is 11.1. The fraction of sp³-hybridized carbons (Fsp3) is 0. The zero-order valence-electron chi connectivity index (χ0n) is 6.56. The topological polar surface area (TPSA) is 89.6 Å². The van der Waals surface area contributed by atoms with Crippen molar-refractivity contribution in [1.29, 1.82) is 0 Å². The van der Waals surface area contributed by atoms with Crippen LogP contribution in [-0.2, 0) is 9.63 Å². The van der Waals surface area contributed by atoms with Gasteiger partial charge in [-0.15, -0.1) is 0 Å². The summed E-state index contributed by atoms with van der Waals surface area (Å²) in [6.07, 6.45) is 0. The Bertz CT molecular complexity index is 348. The van der Waals surface area contributed by atoms with Crippen molar-refractivity contribution in [3.05, 3.63) is 29.8 Å². The molecule has 0 aromatic heterocycles. The minimum atomic E-state index is -1.21. The maximum Gasteiger partial charge on any atom is 0.398 e. The van der Waals surface area contributed by atoms with E-state index in [1.165, 1.54) is 24.3 Å². The first-order valence-electron chi connectivity index (χ1n) is 3.40. The van der Waals surface area contributed by atoms with Gasteiger partial charge in [0.25, 0.3) is 5.78 Å². The highest BCUT2D eigenvalue weighted by Gasteiger charge is 2.19. The van der Waals surface area contributed by atoms with Crippen LogP contribution in [0.1, 0.15) is 10.4 Å². The van der Waals surface area contributed by atoms with Crippen molar-refractivity contribution in [1.82, 2.24) is 0 Å². The molecule has 0 radical (unpaired) electrons. The first-order valence-corrected chi connectivity index (χ1v) is 3.40. The molecule has 1 aromatic rings. The molecule has 0 aliphatic carbocycles. The Morgan fingerprint density at radius 3 is 2.46 bits per heavy atom. The molecule has 0 aliphatic rings. The molecule has 3 N–H and O–H groups in total. The van der Waals surface area contributed by atoms with Gasteiger partial charge in [0.05, 0.1) is 5.56 Å². The van der Waals surface area contributed by atoms with Crippen LogP contribution in [0.3, 0.4) is 0 Å². The number of carbonyl (C=O) groups excluding carboxylic acids is 2. The molecule has 5 heteroatoms. The Morgan fingerprint density at radius 1 is 1.31 bits per heavy atom. The minimum absolute atomic E-state index is 0.127. The number of rotatable bonds is 2. The third kappa shape index (κ3) is 1.83. The molecular weight excluding hydrogens is 174 g/mol. The highest BCUT2D eigenvalue weighted by molar-refractivity contribution is 6.41. The van der Waals surface area contributed by atoms with Gasteiger partial charge in [0.1, 0.15) is 5.75 Å². The maximum absolute atomic E-state index is 11.1. The Balaban J connectivity index is 3.02. The molecule has 0 unspecified atom stereocenters. The van der Waals surface area contributed by atoms with E-state index in [4.69, 9.17) is 5.11 Å². The minimum Gasteiger partial charge on any atom is -0.507 e. The molecule has 0 atom stereocenters. The number of phenolic OH excluding ortho intramolecular Hbond substituents is 1. The summed E-state index contributed by atoms with van der Waals surface area (Å²) in [6.45, 7) is 0. The van der Waals surface area contributed by atoms with Crippen LogP contribution in [0.2, 0.25) is 0 Å². The molecule has 0 fully saturated rings. The highest BCUT2D eigenvalue weighted by atomic mass is 16.7. The molecule has 0 bridgehead atoms. The SMILES string of the molecule is NOC(=O)C(=O)c1ccccc1O. The molecule has 0 spiro atoms. The lowest BCUT2D eigenvalue weighted by Gasteiger charge is -1.99. The zero-order valence-corrected chi connectivity index (χ0v) is 6.56. The Labute approximate surface area is 73.7 Å². The smallest absolute Gasteiger partial charge is 0.398 e. The van der Waals surface area contributed by atoms with Crippen molar-refractivity contribution in [2.45, 2.75) is 0 Å². The van der Waals surface area contributed by atoms with E-state index in [0.717, 1.165) is 0 Å². The summed E-state index contributed by atoms with van der Waals surface area (Å²) in [5.74, 6) is 2.05. The van der Waals surface area contributed by atoms with Gasteiger partial charge in [-0.25, -0.2) is 4.79 Å². The van der Waals surface area contributed by atoms with E-state index in [2.05, 4.69) is 10.7 Å². The molecule has 0 saturated carbocycles. The predicted octanol–water partition coefficient (Wildman–Crippen LogP) is -0.00820. The number of aromatic hydroxyl groups is 1. The van der Waals surface area contributed by atoms with Gasteiger partial charge in [-0.2, -0.15) is 5.90 Å². The summed E-state index contributed by atoms with van der Waals surface area (Å²) >= 11 is 0.